The summed E-state index contributed by atoms with van der Waals surface area (Å²) >= 11 is 1.61. The van der Waals surface area contributed by atoms with Crippen molar-refractivity contribution in [2.75, 3.05) is 5.75 Å². The lowest BCUT2D eigenvalue weighted by Gasteiger charge is -1.93. The number of rotatable bonds is 5. The Balaban J connectivity index is 1.57. The average molecular weight is 293 g/mol. The Morgan fingerprint density at radius 3 is 2.43 bits per heavy atom. The molecule has 21 heavy (non-hydrogen) atoms. The number of aromatic nitrogens is 3. The molecule has 0 unspecified atom stereocenters. The Morgan fingerprint density at radius 1 is 0.952 bits per heavy atom. The number of nitrogens with one attached hydrogen (secondary N) is 1. The molecule has 0 atom stereocenters. The standard InChI is InChI=1S/C17H15N3S/c1-3-8-14(9-4-1)10-7-13-21-17-18-16(19-20-17)15-11-5-2-6-12-15/h1-12H,13H2,(H,18,19,20). The first-order chi connectivity index (χ1) is 10.4. The maximum absolute atomic E-state index is 4.49. The quantitative estimate of drug-likeness (QED) is 0.714. The fraction of sp³-hybridized carbons (Fsp3) is 0.0588. The lowest BCUT2D eigenvalue weighted by atomic mass is 10.2. The van der Waals surface area contributed by atoms with Gasteiger partial charge >= 0.3 is 0 Å². The molecule has 4 heteroatoms. The van der Waals surface area contributed by atoms with E-state index in [9.17, 15) is 0 Å². The van der Waals surface area contributed by atoms with Crippen LogP contribution in [0.4, 0.5) is 0 Å². The summed E-state index contributed by atoms with van der Waals surface area (Å²) < 4.78 is 0. The van der Waals surface area contributed by atoms with Gasteiger partial charge in [0.1, 0.15) is 0 Å². The number of nitrogens with zero attached hydrogens (tertiary/aromatic N) is 2. The molecule has 104 valence electrons. The van der Waals surface area contributed by atoms with Crippen LogP contribution < -0.4 is 0 Å². The lowest BCUT2D eigenvalue weighted by molar-refractivity contribution is 0.975. The van der Waals surface area contributed by atoms with E-state index < -0.39 is 0 Å². The summed E-state index contributed by atoms with van der Waals surface area (Å²) in [6.45, 7) is 0. The summed E-state index contributed by atoms with van der Waals surface area (Å²) in [5, 5.41) is 7.97. The molecule has 1 aromatic heterocycles. The van der Waals surface area contributed by atoms with Gasteiger partial charge in [0.05, 0.1) is 0 Å². The first-order valence-corrected chi connectivity index (χ1v) is 7.72. The van der Waals surface area contributed by atoms with E-state index in [-0.39, 0.29) is 0 Å². The van der Waals surface area contributed by atoms with Crippen LogP contribution in [0.25, 0.3) is 17.5 Å². The Bertz CT molecular complexity index is 705. The van der Waals surface area contributed by atoms with Crippen molar-refractivity contribution in [3.63, 3.8) is 0 Å². The van der Waals surface area contributed by atoms with Crippen molar-refractivity contribution in [3.05, 3.63) is 72.3 Å². The van der Waals surface area contributed by atoms with Crippen LogP contribution in [0.3, 0.4) is 0 Å². The van der Waals surface area contributed by atoms with Crippen molar-refractivity contribution >= 4 is 17.8 Å². The van der Waals surface area contributed by atoms with E-state index in [1.54, 1.807) is 11.8 Å². The number of thioether (sulfide) groups is 1. The normalized spacial score (nSPS) is 11.0. The summed E-state index contributed by atoms with van der Waals surface area (Å²) in [7, 11) is 0. The number of aromatic amines is 1. The van der Waals surface area contributed by atoms with Crippen LogP contribution >= 0.6 is 11.8 Å². The van der Waals surface area contributed by atoms with Crippen molar-refractivity contribution in [2.24, 2.45) is 0 Å². The second kappa shape index (κ2) is 6.90. The van der Waals surface area contributed by atoms with Gasteiger partial charge in [-0.25, -0.2) is 4.98 Å². The van der Waals surface area contributed by atoms with E-state index in [0.29, 0.717) is 0 Å². The minimum Gasteiger partial charge on any atom is -0.258 e. The van der Waals surface area contributed by atoms with Gasteiger partial charge in [-0.05, 0) is 5.56 Å². The minimum atomic E-state index is 0.770. The summed E-state index contributed by atoms with van der Waals surface area (Å²) in [5.74, 6) is 1.66. The number of H-pyrrole nitrogens is 1. The molecular formula is C17H15N3S. The average Bonchev–Trinajstić information content (AvgIpc) is 3.02. The van der Waals surface area contributed by atoms with Gasteiger partial charge in [0.15, 0.2) is 5.82 Å². The molecule has 0 aliphatic rings. The highest BCUT2D eigenvalue weighted by molar-refractivity contribution is 7.99. The zero-order chi connectivity index (χ0) is 14.3. The maximum atomic E-state index is 4.49. The van der Waals surface area contributed by atoms with Crippen LogP contribution in [0, 0.1) is 0 Å². The van der Waals surface area contributed by atoms with Crippen molar-refractivity contribution in [3.8, 4) is 11.4 Å². The predicted molar refractivity (Wildman–Crippen MR) is 88.0 cm³/mol. The Kier molecular flexibility index (Phi) is 4.49. The topological polar surface area (TPSA) is 41.6 Å². The molecule has 1 N–H and O–H groups in total. The van der Waals surface area contributed by atoms with Gasteiger partial charge in [-0.2, -0.15) is 0 Å². The second-order valence-corrected chi connectivity index (χ2v) is 5.44. The summed E-state index contributed by atoms with van der Waals surface area (Å²) in [6, 6.07) is 20.3. The molecule has 2 aromatic carbocycles. The minimum absolute atomic E-state index is 0.770. The van der Waals surface area contributed by atoms with E-state index in [0.717, 1.165) is 22.3 Å². The molecule has 0 saturated heterocycles. The van der Waals surface area contributed by atoms with E-state index in [1.165, 1.54) is 5.56 Å². The van der Waals surface area contributed by atoms with Crippen molar-refractivity contribution in [2.45, 2.75) is 5.16 Å². The Labute approximate surface area is 128 Å². The van der Waals surface area contributed by atoms with Gasteiger partial charge in [0, 0.05) is 11.3 Å². The van der Waals surface area contributed by atoms with Gasteiger partial charge in [-0.1, -0.05) is 84.6 Å². The van der Waals surface area contributed by atoms with E-state index >= 15 is 0 Å². The van der Waals surface area contributed by atoms with Crippen LogP contribution in [0.15, 0.2) is 71.9 Å². The third-order valence-corrected chi connectivity index (χ3v) is 3.73. The molecule has 0 fully saturated rings. The van der Waals surface area contributed by atoms with Gasteiger partial charge in [-0.3, -0.25) is 5.10 Å². The fourth-order valence-electron chi connectivity index (χ4n) is 1.91. The monoisotopic (exact) mass is 293 g/mol. The number of hydrogen-bond acceptors (Lipinski definition) is 3. The molecule has 0 spiro atoms. The molecular weight excluding hydrogens is 278 g/mol. The second-order valence-electron chi connectivity index (χ2n) is 4.46. The molecule has 0 aliphatic carbocycles. The molecule has 0 aliphatic heterocycles. The third kappa shape index (κ3) is 3.83. The summed E-state index contributed by atoms with van der Waals surface area (Å²) in [4.78, 5) is 4.49. The van der Waals surface area contributed by atoms with Gasteiger partial charge < -0.3 is 0 Å². The van der Waals surface area contributed by atoms with Crippen molar-refractivity contribution < 1.29 is 0 Å². The van der Waals surface area contributed by atoms with Crippen molar-refractivity contribution in [1.82, 2.24) is 15.2 Å². The van der Waals surface area contributed by atoms with Crippen molar-refractivity contribution in [1.29, 1.82) is 0 Å². The third-order valence-electron chi connectivity index (χ3n) is 2.93. The first-order valence-electron chi connectivity index (χ1n) is 6.74. The smallest absolute Gasteiger partial charge is 0.209 e. The molecule has 3 rings (SSSR count). The van der Waals surface area contributed by atoms with Gasteiger partial charge in [0.2, 0.25) is 5.16 Å². The SMILES string of the molecule is C(=Cc1ccccc1)CSc1n[nH]c(-c2ccccc2)n1. The molecule has 0 bridgehead atoms. The summed E-state index contributed by atoms with van der Waals surface area (Å²) in [5.41, 5.74) is 2.26. The first kappa shape index (κ1) is 13.6. The van der Waals surface area contributed by atoms with E-state index in [2.05, 4.69) is 39.5 Å². The van der Waals surface area contributed by atoms with Crippen LogP contribution in [-0.2, 0) is 0 Å². The van der Waals surface area contributed by atoms with E-state index in [1.807, 2.05) is 48.5 Å². The van der Waals surface area contributed by atoms with Crippen LogP contribution in [-0.4, -0.2) is 20.9 Å². The Hall–Kier alpha value is -2.33. The van der Waals surface area contributed by atoms with Gasteiger partial charge in [0.25, 0.3) is 0 Å². The summed E-state index contributed by atoms with van der Waals surface area (Å²) in [6.07, 6.45) is 4.23. The largest absolute Gasteiger partial charge is 0.258 e. The van der Waals surface area contributed by atoms with Gasteiger partial charge in [-0.15, -0.1) is 5.10 Å². The highest BCUT2D eigenvalue weighted by atomic mass is 32.2. The van der Waals surface area contributed by atoms with Crippen LogP contribution in [0.2, 0.25) is 0 Å². The zero-order valence-electron chi connectivity index (χ0n) is 11.4. The molecule has 0 radical (unpaired) electrons. The maximum Gasteiger partial charge on any atom is 0.209 e. The zero-order valence-corrected chi connectivity index (χ0v) is 12.3. The fourth-order valence-corrected chi connectivity index (χ4v) is 2.51. The highest BCUT2D eigenvalue weighted by Gasteiger charge is 2.04. The molecule has 1 heterocycles. The molecule has 0 amide bonds. The predicted octanol–water partition coefficient (Wildman–Crippen LogP) is 4.28. The molecule has 3 aromatic rings. The lowest BCUT2D eigenvalue weighted by Crippen LogP contribution is -1.79. The van der Waals surface area contributed by atoms with Crippen LogP contribution in [0.5, 0.6) is 0 Å². The molecule has 0 saturated carbocycles. The number of hydrogen-bond donors (Lipinski definition) is 1. The van der Waals surface area contributed by atoms with E-state index in [4.69, 9.17) is 0 Å². The number of benzene rings is 2. The Morgan fingerprint density at radius 2 is 1.67 bits per heavy atom. The molecule has 3 nitrogen and oxygen atoms in total. The highest BCUT2D eigenvalue weighted by Crippen LogP contribution is 2.19. The van der Waals surface area contributed by atoms with Crippen LogP contribution in [0.1, 0.15) is 5.56 Å².